The van der Waals surface area contributed by atoms with E-state index in [4.69, 9.17) is 23.2 Å². The first-order valence-electron chi connectivity index (χ1n) is 6.84. The average molecular weight is 354 g/mol. The molecule has 0 saturated heterocycles. The largest absolute Gasteiger partial charge is 0.324 e. The van der Waals surface area contributed by atoms with E-state index in [9.17, 15) is 4.79 Å². The van der Waals surface area contributed by atoms with Crippen LogP contribution in [0.4, 0.5) is 5.69 Å². The summed E-state index contributed by atoms with van der Waals surface area (Å²) in [6.45, 7) is 3.92. The van der Waals surface area contributed by atoms with Gasteiger partial charge < -0.3 is 5.32 Å². The van der Waals surface area contributed by atoms with Crippen LogP contribution in [0.3, 0.4) is 0 Å². The molecular formula is C17H17Cl2NOS. The zero-order valence-corrected chi connectivity index (χ0v) is 14.8. The summed E-state index contributed by atoms with van der Waals surface area (Å²) in [5.41, 5.74) is 3.85. The van der Waals surface area contributed by atoms with Gasteiger partial charge in [0.2, 0.25) is 5.91 Å². The molecule has 5 heteroatoms. The van der Waals surface area contributed by atoms with Crippen LogP contribution in [0.2, 0.25) is 10.0 Å². The third-order valence-corrected chi connectivity index (χ3v) is 4.62. The molecule has 0 bridgehead atoms. The fraction of sp³-hybridized carbons (Fsp3) is 0.235. The van der Waals surface area contributed by atoms with E-state index in [0.29, 0.717) is 21.5 Å². The number of carbonyl (C=O) groups is 1. The smallest absolute Gasteiger partial charge is 0.234 e. The highest BCUT2D eigenvalue weighted by Gasteiger charge is 2.09. The highest BCUT2D eigenvalue weighted by atomic mass is 35.5. The average Bonchev–Trinajstić information content (AvgIpc) is 2.43. The Hall–Kier alpha value is -1.16. The highest BCUT2D eigenvalue weighted by Crippen LogP contribution is 2.27. The lowest BCUT2D eigenvalue weighted by atomic mass is 10.1. The number of halogens is 2. The molecule has 1 N–H and O–H groups in total. The lowest BCUT2D eigenvalue weighted by Crippen LogP contribution is -2.15. The van der Waals surface area contributed by atoms with Crippen molar-refractivity contribution in [1.82, 2.24) is 0 Å². The van der Waals surface area contributed by atoms with Gasteiger partial charge >= 0.3 is 0 Å². The van der Waals surface area contributed by atoms with E-state index >= 15 is 0 Å². The van der Waals surface area contributed by atoms with E-state index in [0.717, 1.165) is 22.4 Å². The van der Waals surface area contributed by atoms with Crippen LogP contribution in [0.5, 0.6) is 0 Å². The van der Waals surface area contributed by atoms with E-state index in [1.54, 1.807) is 11.8 Å². The fourth-order valence-corrected chi connectivity index (χ4v) is 3.49. The molecule has 0 atom stereocenters. The van der Waals surface area contributed by atoms with Crippen LogP contribution in [-0.2, 0) is 10.5 Å². The first-order chi connectivity index (χ1) is 10.5. The van der Waals surface area contributed by atoms with Gasteiger partial charge in [0.1, 0.15) is 0 Å². The van der Waals surface area contributed by atoms with Gasteiger partial charge in [-0.05, 0) is 48.7 Å². The molecule has 0 spiro atoms. The Kier molecular flexibility index (Phi) is 6.18. The van der Waals surface area contributed by atoms with Gasteiger partial charge in [-0.3, -0.25) is 4.79 Å². The Morgan fingerprint density at radius 3 is 2.64 bits per heavy atom. The van der Waals surface area contributed by atoms with Crippen LogP contribution in [0.15, 0.2) is 36.4 Å². The van der Waals surface area contributed by atoms with Crippen molar-refractivity contribution in [2.24, 2.45) is 0 Å². The SMILES string of the molecule is Cc1cc(C)c(NC(=O)CSCc2cccc(Cl)c2)c(Cl)c1. The standard InChI is InChI=1S/C17H17Cl2NOS/c1-11-6-12(2)17(15(19)7-11)20-16(21)10-22-9-13-4-3-5-14(18)8-13/h3-8H,9-10H2,1-2H3,(H,20,21). The molecule has 116 valence electrons. The van der Waals surface area contributed by atoms with E-state index < -0.39 is 0 Å². The molecule has 2 nitrogen and oxygen atoms in total. The second-order valence-electron chi connectivity index (χ2n) is 5.11. The number of anilines is 1. The predicted molar refractivity (Wildman–Crippen MR) is 97.2 cm³/mol. The molecule has 2 aromatic rings. The van der Waals surface area contributed by atoms with Crippen molar-refractivity contribution in [3.05, 3.63) is 63.1 Å². The molecule has 0 aromatic heterocycles. The number of benzene rings is 2. The zero-order chi connectivity index (χ0) is 16.1. The summed E-state index contributed by atoms with van der Waals surface area (Å²) in [6.07, 6.45) is 0. The lowest BCUT2D eigenvalue weighted by Gasteiger charge is -2.11. The molecule has 1 amide bonds. The summed E-state index contributed by atoms with van der Waals surface area (Å²) in [5, 5.41) is 4.17. The Morgan fingerprint density at radius 1 is 1.18 bits per heavy atom. The first kappa shape index (κ1) is 17.2. The minimum atomic E-state index is -0.0547. The van der Waals surface area contributed by atoms with Crippen molar-refractivity contribution in [2.45, 2.75) is 19.6 Å². The Bertz CT molecular complexity index is 665. The molecule has 0 aliphatic rings. The van der Waals surface area contributed by atoms with Crippen molar-refractivity contribution in [3.8, 4) is 0 Å². The van der Waals surface area contributed by atoms with Crippen molar-refractivity contribution in [3.63, 3.8) is 0 Å². The van der Waals surface area contributed by atoms with E-state index in [1.165, 1.54) is 0 Å². The summed E-state index contributed by atoms with van der Waals surface area (Å²) in [4.78, 5) is 12.0. The van der Waals surface area contributed by atoms with Gasteiger partial charge in [-0.15, -0.1) is 11.8 Å². The van der Waals surface area contributed by atoms with Crippen LogP contribution in [-0.4, -0.2) is 11.7 Å². The van der Waals surface area contributed by atoms with Crippen molar-refractivity contribution < 1.29 is 4.79 Å². The minimum absolute atomic E-state index is 0.0547. The number of hydrogen-bond donors (Lipinski definition) is 1. The topological polar surface area (TPSA) is 29.1 Å². The number of amides is 1. The second-order valence-corrected chi connectivity index (χ2v) is 6.94. The summed E-state index contributed by atoms with van der Waals surface area (Å²) in [7, 11) is 0. The third kappa shape index (κ3) is 4.94. The summed E-state index contributed by atoms with van der Waals surface area (Å²) < 4.78 is 0. The Labute approximate surface area is 145 Å². The molecule has 0 aliphatic heterocycles. The molecule has 0 fully saturated rings. The van der Waals surface area contributed by atoms with Crippen LogP contribution in [0, 0.1) is 13.8 Å². The summed E-state index contributed by atoms with van der Waals surface area (Å²) in [6, 6.07) is 11.5. The molecule has 0 heterocycles. The first-order valence-corrected chi connectivity index (χ1v) is 8.75. The number of aryl methyl sites for hydroxylation is 2. The summed E-state index contributed by atoms with van der Waals surface area (Å²) in [5.74, 6) is 1.06. The normalized spacial score (nSPS) is 10.5. The van der Waals surface area contributed by atoms with E-state index in [1.807, 2.05) is 50.2 Å². The molecule has 0 unspecified atom stereocenters. The van der Waals surface area contributed by atoms with Crippen molar-refractivity contribution >= 4 is 46.6 Å². The second kappa shape index (κ2) is 7.91. The lowest BCUT2D eigenvalue weighted by molar-refractivity contribution is -0.113. The zero-order valence-electron chi connectivity index (χ0n) is 12.5. The molecule has 2 rings (SSSR count). The quantitative estimate of drug-likeness (QED) is 0.770. The molecule has 0 saturated carbocycles. The third-order valence-electron chi connectivity index (χ3n) is 3.09. The van der Waals surface area contributed by atoms with Crippen molar-refractivity contribution in [1.29, 1.82) is 0 Å². The predicted octanol–water partition coefficient (Wildman–Crippen LogP) is 5.48. The van der Waals surface area contributed by atoms with Crippen LogP contribution >= 0.6 is 35.0 Å². The Morgan fingerprint density at radius 2 is 1.95 bits per heavy atom. The van der Waals surface area contributed by atoms with Gasteiger partial charge in [-0.1, -0.05) is 41.4 Å². The van der Waals surface area contributed by atoms with Crippen LogP contribution < -0.4 is 5.32 Å². The molecule has 22 heavy (non-hydrogen) atoms. The highest BCUT2D eigenvalue weighted by molar-refractivity contribution is 7.99. The van der Waals surface area contributed by atoms with Gasteiger partial charge in [0.25, 0.3) is 0 Å². The van der Waals surface area contributed by atoms with E-state index in [-0.39, 0.29) is 5.91 Å². The fourth-order valence-electron chi connectivity index (χ4n) is 2.14. The number of nitrogens with one attached hydrogen (secondary N) is 1. The van der Waals surface area contributed by atoms with E-state index in [2.05, 4.69) is 5.32 Å². The number of thioether (sulfide) groups is 1. The molecule has 0 radical (unpaired) electrons. The monoisotopic (exact) mass is 353 g/mol. The molecular weight excluding hydrogens is 337 g/mol. The van der Waals surface area contributed by atoms with Gasteiger partial charge in [-0.25, -0.2) is 0 Å². The van der Waals surface area contributed by atoms with Gasteiger partial charge in [0.05, 0.1) is 16.5 Å². The minimum Gasteiger partial charge on any atom is -0.324 e. The van der Waals surface area contributed by atoms with Gasteiger partial charge in [0, 0.05) is 10.8 Å². The van der Waals surface area contributed by atoms with Crippen molar-refractivity contribution in [2.75, 3.05) is 11.1 Å². The maximum atomic E-state index is 12.0. The molecule has 0 aliphatic carbocycles. The number of carbonyl (C=O) groups excluding carboxylic acids is 1. The molecule has 2 aromatic carbocycles. The maximum absolute atomic E-state index is 12.0. The maximum Gasteiger partial charge on any atom is 0.234 e. The van der Waals surface area contributed by atoms with Crippen LogP contribution in [0.1, 0.15) is 16.7 Å². The number of hydrogen-bond acceptors (Lipinski definition) is 2. The van der Waals surface area contributed by atoms with Gasteiger partial charge in [0.15, 0.2) is 0 Å². The summed E-state index contributed by atoms with van der Waals surface area (Å²) >= 11 is 13.7. The Balaban J connectivity index is 1.89. The number of rotatable bonds is 5. The van der Waals surface area contributed by atoms with Gasteiger partial charge in [-0.2, -0.15) is 0 Å². The van der Waals surface area contributed by atoms with Crippen LogP contribution in [0.25, 0.3) is 0 Å².